The number of sulfonamides is 1. The topological polar surface area (TPSA) is 156 Å². The van der Waals surface area contributed by atoms with Crippen LogP contribution in [0, 0.1) is 34.6 Å². The normalized spacial score (nSPS) is 11.9. The Morgan fingerprint density at radius 3 is 2.26 bits per heavy atom. The van der Waals surface area contributed by atoms with Crippen molar-refractivity contribution >= 4 is 44.4 Å². The summed E-state index contributed by atoms with van der Waals surface area (Å²) >= 11 is 0. The minimum absolute atomic E-state index is 0.0463. The van der Waals surface area contributed by atoms with Crippen LogP contribution in [0.2, 0.25) is 0 Å². The van der Waals surface area contributed by atoms with Crippen molar-refractivity contribution in [2.75, 3.05) is 30.2 Å². The number of alkyl halides is 3. The monoisotopic (exact) mass is 834 g/mol. The zero-order chi connectivity index (χ0) is 42.9. The smallest absolute Gasteiger partial charge is 0.417 e. The minimum Gasteiger partial charge on any atom is -0.491 e. The van der Waals surface area contributed by atoms with Gasteiger partial charge in [0, 0.05) is 31.9 Å². The average molecular weight is 835 g/mol. The first-order valence-corrected chi connectivity index (χ1v) is 18.4. The highest BCUT2D eigenvalue weighted by molar-refractivity contribution is 7.92. The van der Waals surface area contributed by atoms with Gasteiger partial charge in [0.15, 0.2) is 28.2 Å². The molecule has 1 heterocycles. The van der Waals surface area contributed by atoms with E-state index in [9.17, 15) is 48.7 Å². The molecule has 12 nitrogen and oxygen atoms in total. The highest BCUT2D eigenvalue weighted by Crippen LogP contribution is 2.40. The third-order valence-corrected chi connectivity index (χ3v) is 9.68. The Morgan fingerprint density at radius 2 is 1.64 bits per heavy atom. The van der Waals surface area contributed by atoms with Crippen LogP contribution in [0.15, 0.2) is 65.8 Å². The zero-order valence-corrected chi connectivity index (χ0v) is 32.0. The van der Waals surface area contributed by atoms with Gasteiger partial charge in [-0.15, -0.1) is 0 Å². The van der Waals surface area contributed by atoms with Gasteiger partial charge in [0.2, 0.25) is 0 Å². The van der Waals surface area contributed by atoms with Crippen LogP contribution in [-0.2, 0) is 28.0 Å². The molecule has 1 aromatic heterocycles. The number of amides is 2. The van der Waals surface area contributed by atoms with E-state index in [2.05, 4.69) is 10.3 Å². The third kappa shape index (κ3) is 9.26. The molecule has 0 radical (unpaired) electrons. The number of halogens is 7. The van der Waals surface area contributed by atoms with Crippen LogP contribution in [0.1, 0.15) is 48.7 Å². The second-order valence-corrected chi connectivity index (χ2v) is 15.4. The molecule has 5 aromatic rings. The van der Waals surface area contributed by atoms with E-state index < -0.39 is 84.5 Å². The van der Waals surface area contributed by atoms with Gasteiger partial charge in [0.05, 0.1) is 35.2 Å². The van der Waals surface area contributed by atoms with Crippen molar-refractivity contribution in [2.24, 2.45) is 7.05 Å². The molecule has 2 N–H and O–H groups in total. The number of nitriles is 1. The number of rotatable bonds is 11. The summed E-state index contributed by atoms with van der Waals surface area (Å²) in [5.74, 6) is -10.6. The van der Waals surface area contributed by atoms with Gasteiger partial charge < -0.3 is 24.3 Å². The van der Waals surface area contributed by atoms with Gasteiger partial charge in [-0.3, -0.25) is 9.52 Å². The number of carbonyl (C=O) groups excluding carboxylic acids is 2. The van der Waals surface area contributed by atoms with Crippen LogP contribution in [0.5, 0.6) is 5.75 Å². The van der Waals surface area contributed by atoms with Gasteiger partial charge >= 0.3 is 12.3 Å². The summed E-state index contributed by atoms with van der Waals surface area (Å²) in [5, 5.41) is 11.4. The Labute approximate surface area is 326 Å². The summed E-state index contributed by atoms with van der Waals surface area (Å²) in [4.78, 5) is 29.1. The maximum atomic E-state index is 14.8. The van der Waals surface area contributed by atoms with Crippen LogP contribution < -0.4 is 14.8 Å². The third-order valence-electron chi connectivity index (χ3n) is 8.29. The van der Waals surface area contributed by atoms with Crippen LogP contribution in [0.3, 0.4) is 0 Å². The lowest BCUT2D eigenvalue weighted by molar-refractivity contribution is -0.137. The molecule has 0 saturated heterocycles. The molecule has 0 unspecified atom stereocenters. The maximum absolute atomic E-state index is 14.8. The van der Waals surface area contributed by atoms with Crippen LogP contribution in [-0.4, -0.2) is 60.7 Å². The molecule has 2 amide bonds. The molecule has 0 atom stereocenters. The van der Waals surface area contributed by atoms with E-state index in [0.717, 1.165) is 30.3 Å². The molecule has 0 aliphatic rings. The second kappa shape index (κ2) is 16.2. The van der Waals surface area contributed by atoms with E-state index in [-0.39, 0.29) is 47.5 Å². The number of nitrogens with one attached hydrogen (secondary N) is 2. The quantitative estimate of drug-likeness (QED) is 0.0764. The van der Waals surface area contributed by atoms with Crippen LogP contribution >= 0.6 is 0 Å². The van der Waals surface area contributed by atoms with Gasteiger partial charge in [-0.1, -0.05) is 12.1 Å². The number of nitrogens with zero attached hydrogens (tertiary/aromatic N) is 4. The lowest BCUT2D eigenvalue weighted by Gasteiger charge is -2.24. The fourth-order valence-corrected chi connectivity index (χ4v) is 6.75. The Kier molecular flexibility index (Phi) is 12.0. The maximum Gasteiger partial charge on any atom is 0.417 e. The molecule has 0 spiro atoms. The largest absolute Gasteiger partial charge is 0.491 e. The lowest BCUT2D eigenvalue weighted by atomic mass is 9.98. The van der Waals surface area contributed by atoms with E-state index >= 15 is 0 Å². The molecule has 0 aliphatic heterocycles. The molecule has 20 heteroatoms. The Morgan fingerprint density at radius 1 is 0.966 bits per heavy atom. The van der Waals surface area contributed by atoms with Crippen molar-refractivity contribution in [2.45, 2.75) is 43.9 Å². The molecule has 4 aromatic carbocycles. The Hall–Kier alpha value is -6.36. The second-order valence-electron chi connectivity index (χ2n) is 13.8. The van der Waals surface area contributed by atoms with Gasteiger partial charge in [-0.25, -0.2) is 35.8 Å². The van der Waals surface area contributed by atoms with Crippen molar-refractivity contribution < 1.29 is 58.2 Å². The van der Waals surface area contributed by atoms with Crippen molar-refractivity contribution in [1.82, 2.24) is 14.5 Å². The van der Waals surface area contributed by atoms with E-state index in [1.165, 1.54) is 53.2 Å². The number of imidazole rings is 1. The number of aryl methyl sites for hydroxylation is 1. The number of anilines is 2. The van der Waals surface area contributed by atoms with E-state index in [4.69, 9.17) is 14.7 Å². The Bertz CT molecular complexity index is 2550. The molecule has 0 fully saturated rings. The minimum atomic E-state index is -5.50. The summed E-state index contributed by atoms with van der Waals surface area (Å²) in [6, 6.07) is 11.6. The summed E-state index contributed by atoms with van der Waals surface area (Å²) < 4.78 is 142. The average Bonchev–Trinajstić information content (AvgIpc) is 3.50. The van der Waals surface area contributed by atoms with E-state index in [0.29, 0.717) is 5.52 Å². The molecule has 0 aliphatic carbocycles. The van der Waals surface area contributed by atoms with Crippen LogP contribution in [0.4, 0.5) is 46.9 Å². The number of aromatic nitrogens is 2. The number of hydrogen-bond acceptors (Lipinski definition) is 8. The highest BCUT2D eigenvalue weighted by Gasteiger charge is 2.36. The predicted molar refractivity (Wildman–Crippen MR) is 196 cm³/mol. The zero-order valence-electron chi connectivity index (χ0n) is 31.2. The van der Waals surface area contributed by atoms with Gasteiger partial charge in [0.1, 0.15) is 23.0 Å². The molecule has 5 rings (SSSR count). The fraction of sp³-hybridized carbons (Fsp3) is 0.263. The molecule has 0 saturated carbocycles. The fourth-order valence-electron chi connectivity index (χ4n) is 5.54. The molecular formula is C38H33F7N6O6S. The lowest BCUT2D eigenvalue weighted by Crippen LogP contribution is -2.35. The highest BCUT2D eigenvalue weighted by atomic mass is 32.2. The number of benzene rings is 4. The first-order chi connectivity index (χ1) is 27.0. The molecule has 0 bridgehead atoms. The van der Waals surface area contributed by atoms with Crippen molar-refractivity contribution in [3.05, 3.63) is 101 Å². The van der Waals surface area contributed by atoms with Crippen molar-refractivity contribution in [3.8, 4) is 22.9 Å². The predicted octanol–water partition coefficient (Wildman–Crippen LogP) is 8.38. The number of ether oxygens (including phenoxy) is 2. The first kappa shape index (κ1) is 42.8. The van der Waals surface area contributed by atoms with Gasteiger partial charge in [-0.2, -0.15) is 18.4 Å². The number of hydrogen-bond donors (Lipinski definition) is 2. The van der Waals surface area contributed by atoms with Gasteiger partial charge in [-0.05, 0) is 80.8 Å². The van der Waals surface area contributed by atoms with Crippen molar-refractivity contribution in [1.29, 1.82) is 5.26 Å². The van der Waals surface area contributed by atoms with Crippen LogP contribution in [0.25, 0.3) is 22.2 Å². The standard InChI is InChI=1S/C38H33F7N6O6S/c1-37(2,3)57-36(53)50(4)12-7-13-56-29-15-21(10-11-26(29)49-58(54,55)34-32(41)30(39)24(18-46)31(40)33(34)42)35(52)48-22-9-6-8-20(14-22)23-16-27-28(51(5)19-47-27)17-25(23)38(43,44)45/h6,8-11,14-17,19,49H,7,12-13H2,1-5H3,(H,48,52). The SMILES string of the molecule is CN(CCCOc1cc(C(=O)Nc2cccc(-c3cc4ncn(C)c4cc3C(F)(F)F)c2)ccc1NS(=O)(=O)c1c(F)c(F)c(C#N)c(F)c1F)C(=O)OC(C)(C)C. The van der Waals surface area contributed by atoms with Gasteiger partial charge in [0.25, 0.3) is 15.9 Å². The first-order valence-electron chi connectivity index (χ1n) is 17.0. The molecule has 306 valence electrons. The molecule has 58 heavy (non-hydrogen) atoms. The summed E-state index contributed by atoms with van der Waals surface area (Å²) in [6.07, 6.45) is -3.96. The Balaban J connectivity index is 1.45. The van der Waals surface area contributed by atoms with E-state index in [1.807, 2.05) is 0 Å². The summed E-state index contributed by atoms with van der Waals surface area (Å²) in [5.41, 5.74) is -3.76. The summed E-state index contributed by atoms with van der Waals surface area (Å²) in [6.45, 7) is 4.77. The van der Waals surface area contributed by atoms with Crippen molar-refractivity contribution in [3.63, 3.8) is 0 Å². The van der Waals surface area contributed by atoms with E-state index in [1.54, 1.807) is 32.5 Å². The number of carbonyl (C=O) groups is 2. The number of fused-ring (bicyclic) bond motifs is 1. The summed E-state index contributed by atoms with van der Waals surface area (Å²) in [7, 11) is -2.52. The molecular weight excluding hydrogens is 802 g/mol.